The summed E-state index contributed by atoms with van der Waals surface area (Å²) >= 11 is 1.56. The van der Waals surface area contributed by atoms with E-state index in [4.69, 9.17) is 9.47 Å². The summed E-state index contributed by atoms with van der Waals surface area (Å²) in [6.07, 6.45) is 4.04. The predicted molar refractivity (Wildman–Crippen MR) is 171 cm³/mol. The molecule has 0 radical (unpaired) electrons. The summed E-state index contributed by atoms with van der Waals surface area (Å²) in [6, 6.07) is 24.1. The number of ether oxygens (including phenoxy) is 2. The third-order valence-electron chi connectivity index (χ3n) is 7.81. The van der Waals surface area contributed by atoms with Crippen LogP contribution in [-0.2, 0) is 29.0 Å². The molecule has 0 aliphatic carbocycles. The van der Waals surface area contributed by atoms with E-state index in [-0.39, 0.29) is 36.6 Å². The van der Waals surface area contributed by atoms with Crippen LogP contribution in [0.3, 0.4) is 0 Å². The Morgan fingerprint density at radius 2 is 1.61 bits per heavy atom. The van der Waals surface area contributed by atoms with Crippen molar-refractivity contribution in [3.8, 4) is 27.7 Å². The molecule has 1 fully saturated rings. The van der Waals surface area contributed by atoms with Gasteiger partial charge in [-0.05, 0) is 66.9 Å². The zero-order valence-electron chi connectivity index (χ0n) is 24.6. The Morgan fingerprint density at radius 1 is 0.864 bits per heavy atom. The highest BCUT2D eigenvalue weighted by Crippen LogP contribution is 2.39. The first-order chi connectivity index (χ1) is 21.4. The quantitative estimate of drug-likeness (QED) is 0.135. The van der Waals surface area contributed by atoms with Crippen LogP contribution in [-0.4, -0.2) is 41.6 Å². The smallest absolute Gasteiger partial charge is 0.166 e. The Morgan fingerprint density at radius 3 is 2.39 bits per heavy atom. The standard InChI is InChI=1S/C36H33FN2O4S/c1-42-32-7-3-2-6-27(32)20-29(41)21-28(40)18-25-10-13-33(30(37)19-25)43-34-14-15-38-31-22-35(44-36(31)34)26-11-8-24(9-12-26)23-39-16-4-5-17-39/h2-3,6-15,19,22H,4-5,16-18,20-21,23H2,1H3. The molecule has 0 bridgehead atoms. The van der Waals surface area contributed by atoms with Gasteiger partial charge in [-0.25, -0.2) is 4.39 Å². The molecule has 0 saturated carbocycles. The maximum absolute atomic E-state index is 15.1. The van der Waals surface area contributed by atoms with Crippen molar-refractivity contribution in [1.82, 2.24) is 9.88 Å². The van der Waals surface area contributed by atoms with Gasteiger partial charge in [-0.2, -0.15) is 0 Å². The number of hydrogen-bond acceptors (Lipinski definition) is 7. The van der Waals surface area contributed by atoms with Crippen LogP contribution in [0.25, 0.3) is 20.7 Å². The average Bonchev–Trinajstić information content (AvgIpc) is 3.70. The number of aromatic nitrogens is 1. The number of carbonyl (C=O) groups is 2. The number of methoxy groups -OCH3 is 1. The summed E-state index contributed by atoms with van der Waals surface area (Å²) in [5.41, 5.74) is 4.40. The van der Waals surface area contributed by atoms with Crippen LogP contribution >= 0.6 is 11.3 Å². The van der Waals surface area contributed by atoms with Gasteiger partial charge in [0.05, 0.1) is 23.7 Å². The van der Waals surface area contributed by atoms with Crippen molar-refractivity contribution in [2.24, 2.45) is 0 Å². The molecule has 0 amide bonds. The van der Waals surface area contributed by atoms with Gasteiger partial charge < -0.3 is 9.47 Å². The van der Waals surface area contributed by atoms with Gasteiger partial charge in [-0.1, -0.05) is 48.5 Å². The van der Waals surface area contributed by atoms with Crippen molar-refractivity contribution in [3.05, 3.63) is 108 Å². The van der Waals surface area contributed by atoms with Crippen molar-refractivity contribution < 1.29 is 23.5 Å². The highest BCUT2D eigenvalue weighted by molar-refractivity contribution is 7.22. The van der Waals surface area contributed by atoms with E-state index in [1.54, 1.807) is 48.9 Å². The number of benzene rings is 3. The number of para-hydroxylation sites is 1. The number of fused-ring (bicyclic) bond motifs is 1. The number of nitrogens with zero attached hydrogens (tertiary/aromatic N) is 2. The zero-order chi connectivity index (χ0) is 30.5. The number of halogens is 1. The predicted octanol–water partition coefficient (Wildman–Crippen LogP) is 7.81. The summed E-state index contributed by atoms with van der Waals surface area (Å²) in [5.74, 6) is 0.117. The minimum atomic E-state index is -0.578. The second kappa shape index (κ2) is 13.5. The van der Waals surface area contributed by atoms with Gasteiger partial charge >= 0.3 is 0 Å². The first-order valence-electron chi connectivity index (χ1n) is 14.8. The first-order valence-corrected chi connectivity index (χ1v) is 15.6. The molecule has 5 aromatic rings. The molecule has 3 aromatic carbocycles. The average molecular weight is 609 g/mol. The fourth-order valence-electron chi connectivity index (χ4n) is 5.60. The number of pyridine rings is 1. The fourth-order valence-corrected chi connectivity index (χ4v) is 6.67. The van der Waals surface area contributed by atoms with E-state index in [0.717, 1.165) is 32.8 Å². The van der Waals surface area contributed by atoms with Crippen LogP contribution in [0.5, 0.6) is 17.2 Å². The first kappa shape index (κ1) is 29.7. The molecule has 0 spiro atoms. The van der Waals surface area contributed by atoms with Gasteiger partial charge in [0.2, 0.25) is 0 Å². The Bertz CT molecular complexity index is 1790. The molecule has 224 valence electrons. The number of thiophene rings is 1. The van der Waals surface area contributed by atoms with Crippen molar-refractivity contribution in [1.29, 1.82) is 0 Å². The molecule has 6 rings (SSSR count). The Balaban J connectivity index is 1.10. The second-order valence-electron chi connectivity index (χ2n) is 11.1. The van der Waals surface area contributed by atoms with Crippen LogP contribution in [0.4, 0.5) is 4.39 Å². The van der Waals surface area contributed by atoms with Crippen LogP contribution in [0.15, 0.2) is 85.1 Å². The largest absolute Gasteiger partial charge is 0.496 e. The molecular formula is C36H33FN2O4S. The highest BCUT2D eigenvalue weighted by Gasteiger charge is 2.17. The normalized spacial score (nSPS) is 13.3. The Hall–Kier alpha value is -4.40. The minimum absolute atomic E-state index is 0.0422. The molecule has 8 heteroatoms. The number of ketones is 2. The van der Waals surface area contributed by atoms with Gasteiger partial charge in [0.25, 0.3) is 0 Å². The summed E-state index contributed by atoms with van der Waals surface area (Å²) in [6.45, 7) is 3.31. The molecule has 0 N–H and O–H groups in total. The van der Waals surface area contributed by atoms with E-state index in [1.807, 2.05) is 18.2 Å². The molecule has 44 heavy (non-hydrogen) atoms. The van der Waals surface area contributed by atoms with Gasteiger partial charge in [0, 0.05) is 42.1 Å². The van der Waals surface area contributed by atoms with Crippen molar-refractivity contribution >= 4 is 33.1 Å². The summed E-state index contributed by atoms with van der Waals surface area (Å²) in [7, 11) is 1.54. The lowest BCUT2D eigenvalue weighted by molar-refractivity contribution is -0.126. The number of rotatable bonds is 12. The topological polar surface area (TPSA) is 68.7 Å². The number of Topliss-reactive ketones (excluding diaryl/α,β-unsaturated/α-hetero) is 2. The molecule has 3 heterocycles. The van der Waals surface area contributed by atoms with E-state index in [1.165, 1.54) is 43.6 Å². The Kier molecular flexibility index (Phi) is 9.09. The van der Waals surface area contributed by atoms with Crippen LogP contribution in [0.2, 0.25) is 0 Å². The monoisotopic (exact) mass is 608 g/mol. The Labute approximate surface area is 260 Å². The lowest BCUT2D eigenvalue weighted by Gasteiger charge is -2.14. The summed E-state index contributed by atoms with van der Waals surface area (Å²) in [5, 5.41) is 0. The van der Waals surface area contributed by atoms with Crippen LogP contribution < -0.4 is 9.47 Å². The van der Waals surface area contributed by atoms with E-state index in [0.29, 0.717) is 17.1 Å². The van der Waals surface area contributed by atoms with Gasteiger partial charge in [-0.15, -0.1) is 11.3 Å². The summed E-state index contributed by atoms with van der Waals surface area (Å²) < 4.78 is 27.3. The van der Waals surface area contributed by atoms with Crippen LogP contribution in [0.1, 0.15) is 36.0 Å². The highest BCUT2D eigenvalue weighted by atomic mass is 32.1. The number of likely N-dealkylation sites (tertiary alicyclic amines) is 1. The van der Waals surface area contributed by atoms with Gasteiger partial charge in [-0.3, -0.25) is 19.5 Å². The molecule has 0 atom stereocenters. The molecule has 0 unspecified atom stereocenters. The molecule has 2 aromatic heterocycles. The molecule has 1 aliphatic rings. The van der Waals surface area contributed by atoms with Crippen molar-refractivity contribution in [2.45, 2.75) is 38.6 Å². The fraction of sp³-hybridized carbons (Fsp3) is 0.250. The maximum atomic E-state index is 15.1. The van der Waals surface area contributed by atoms with Gasteiger partial charge in [0.1, 0.15) is 23.1 Å². The van der Waals surface area contributed by atoms with Crippen molar-refractivity contribution in [2.75, 3.05) is 20.2 Å². The SMILES string of the molecule is COc1ccccc1CC(=O)CC(=O)Cc1ccc(Oc2ccnc3cc(-c4ccc(CN5CCCC5)cc4)sc23)c(F)c1. The van der Waals surface area contributed by atoms with E-state index in [2.05, 4.69) is 34.1 Å². The van der Waals surface area contributed by atoms with Crippen molar-refractivity contribution in [3.63, 3.8) is 0 Å². The zero-order valence-corrected chi connectivity index (χ0v) is 25.4. The van der Waals surface area contributed by atoms with Crippen LogP contribution in [0, 0.1) is 5.82 Å². The van der Waals surface area contributed by atoms with Gasteiger partial charge in [0.15, 0.2) is 11.6 Å². The van der Waals surface area contributed by atoms with E-state index < -0.39 is 5.82 Å². The van der Waals surface area contributed by atoms with E-state index in [9.17, 15) is 9.59 Å². The number of carbonyl (C=O) groups excluding carboxylic acids is 2. The summed E-state index contributed by atoms with van der Waals surface area (Å²) in [4.78, 5) is 33.2. The molecular weight excluding hydrogens is 575 g/mol. The lowest BCUT2D eigenvalue weighted by Crippen LogP contribution is -2.18. The number of hydrogen-bond donors (Lipinski definition) is 0. The molecule has 1 aliphatic heterocycles. The third-order valence-corrected chi connectivity index (χ3v) is 9.00. The molecule has 1 saturated heterocycles. The second-order valence-corrected chi connectivity index (χ2v) is 12.2. The molecule has 6 nitrogen and oxygen atoms in total. The third kappa shape index (κ3) is 7.04. The lowest BCUT2D eigenvalue weighted by atomic mass is 10.0. The maximum Gasteiger partial charge on any atom is 0.166 e. The minimum Gasteiger partial charge on any atom is -0.496 e. The van der Waals surface area contributed by atoms with E-state index >= 15 is 4.39 Å².